The summed E-state index contributed by atoms with van der Waals surface area (Å²) >= 11 is 3.51. The van der Waals surface area contributed by atoms with Crippen LogP contribution < -0.4 is 11.1 Å². The summed E-state index contributed by atoms with van der Waals surface area (Å²) < 4.78 is 1.04. The third-order valence-corrected chi connectivity index (χ3v) is 3.68. The van der Waals surface area contributed by atoms with Crippen molar-refractivity contribution in [3.05, 3.63) is 27.7 Å². The van der Waals surface area contributed by atoms with E-state index in [1.165, 1.54) is 5.56 Å². The summed E-state index contributed by atoms with van der Waals surface area (Å²) in [7, 11) is 0. The van der Waals surface area contributed by atoms with Gasteiger partial charge in [-0.15, -0.1) is 0 Å². The quantitative estimate of drug-likeness (QED) is 0.840. The normalized spacial score (nSPS) is 18.1. The Morgan fingerprint density at radius 1 is 1.41 bits per heavy atom. The first-order valence-corrected chi connectivity index (χ1v) is 6.76. The number of benzene rings is 1. The van der Waals surface area contributed by atoms with E-state index in [1.807, 2.05) is 13.0 Å². The highest BCUT2D eigenvalue weighted by molar-refractivity contribution is 9.10. The maximum absolute atomic E-state index is 11.7. The van der Waals surface area contributed by atoms with E-state index in [4.69, 9.17) is 5.73 Å². The highest BCUT2D eigenvalue weighted by Gasteiger charge is 2.28. The molecule has 4 heteroatoms. The lowest BCUT2D eigenvalue weighted by molar-refractivity contribution is -0.116. The van der Waals surface area contributed by atoms with E-state index in [1.54, 1.807) is 0 Å². The molecule has 0 radical (unpaired) electrons. The second-order valence-electron chi connectivity index (χ2n) is 4.49. The first-order valence-electron chi connectivity index (χ1n) is 5.96. The van der Waals surface area contributed by atoms with Gasteiger partial charge in [-0.2, -0.15) is 0 Å². The van der Waals surface area contributed by atoms with E-state index in [9.17, 15) is 4.79 Å². The first kappa shape index (κ1) is 12.6. The number of halogens is 1. The smallest absolute Gasteiger partial charge is 0.231 e. The van der Waals surface area contributed by atoms with Gasteiger partial charge in [0.05, 0.1) is 5.92 Å². The van der Waals surface area contributed by atoms with E-state index in [0.29, 0.717) is 0 Å². The van der Waals surface area contributed by atoms with Gasteiger partial charge in [-0.3, -0.25) is 4.79 Å². The number of fused-ring (bicyclic) bond motifs is 1. The van der Waals surface area contributed by atoms with Gasteiger partial charge in [0.15, 0.2) is 0 Å². The van der Waals surface area contributed by atoms with Gasteiger partial charge in [0.2, 0.25) is 5.91 Å². The van der Waals surface area contributed by atoms with Crippen LogP contribution in [0.15, 0.2) is 16.6 Å². The largest absolute Gasteiger partial charge is 0.330 e. The van der Waals surface area contributed by atoms with Crippen LogP contribution >= 0.6 is 15.9 Å². The van der Waals surface area contributed by atoms with E-state index < -0.39 is 0 Å². The molecule has 1 amide bonds. The third kappa shape index (κ3) is 2.53. The number of nitrogens with two attached hydrogens (primary N) is 1. The Bertz CT molecular complexity index is 445. The van der Waals surface area contributed by atoms with E-state index in [-0.39, 0.29) is 11.8 Å². The second kappa shape index (κ2) is 5.19. The molecule has 3 nitrogen and oxygen atoms in total. The fraction of sp³-hybridized carbons (Fsp3) is 0.462. The SMILES string of the molecule is CC1C(=O)Nc2c(CCCCN)cc(Br)cc21. The monoisotopic (exact) mass is 296 g/mol. The Morgan fingerprint density at radius 2 is 2.18 bits per heavy atom. The van der Waals surface area contributed by atoms with Crippen LogP contribution in [0.4, 0.5) is 5.69 Å². The molecule has 2 rings (SSSR count). The molecule has 0 bridgehead atoms. The molecule has 92 valence electrons. The zero-order valence-corrected chi connectivity index (χ0v) is 11.5. The average Bonchev–Trinajstić information content (AvgIpc) is 2.57. The van der Waals surface area contributed by atoms with Crippen molar-refractivity contribution in [1.82, 2.24) is 0 Å². The number of aryl methyl sites for hydroxylation is 1. The molecule has 1 unspecified atom stereocenters. The standard InChI is InChI=1S/C13H17BrN2O/c1-8-11-7-10(14)6-9(4-2-3-5-15)12(11)16-13(8)17/h6-8H,2-5,15H2,1H3,(H,16,17). The second-order valence-corrected chi connectivity index (χ2v) is 5.40. The molecular formula is C13H17BrN2O. The fourth-order valence-electron chi connectivity index (χ4n) is 2.21. The first-order chi connectivity index (χ1) is 8.13. The summed E-state index contributed by atoms with van der Waals surface area (Å²) in [5.74, 6) is 0.0499. The molecule has 1 aliphatic rings. The van der Waals surface area contributed by atoms with Crippen molar-refractivity contribution in [2.24, 2.45) is 5.73 Å². The molecule has 3 N–H and O–H groups in total. The van der Waals surface area contributed by atoms with Crippen LogP contribution in [0.5, 0.6) is 0 Å². The van der Waals surface area contributed by atoms with Crippen molar-refractivity contribution >= 4 is 27.5 Å². The van der Waals surface area contributed by atoms with Gasteiger partial charge in [-0.1, -0.05) is 15.9 Å². The van der Waals surface area contributed by atoms with E-state index >= 15 is 0 Å². The number of hydrogen-bond donors (Lipinski definition) is 2. The summed E-state index contributed by atoms with van der Waals surface area (Å²) in [5, 5.41) is 2.98. The number of hydrogen-bond acceptors (Lipinski definition) is 2. The molecule has 1 aromatic carbocycles. The number of amides is 1. The number of nitrogens with one attached hydrogen (secondary N) is 1. The highest BCUT2D eigenvalue weighted by Crippen LogP contribution is 2.37. The molecule has 0 saturated carbocycles. The van der Waals surface area contributed by atoms with Crippen molar-refractivity contribution in [1.29, 1.82) is 0 Å². The van der Waals surface area contributed by atoms with Crippen LogP contribution in [-0.4, -0.2) is 12.5 Å². The van der Waals surface area contributed by atoms with Crippen molar-refractivity contribution in [3.63, 3.8) is 0 Å². The van der Waals surface area contributed by atoms with Crippen LogP contribution in [0.1, 0.15) is 36.8 Å². The number of carbonyl (C=O) groups excluding carboxylic acids is 1. The van der Waals surface area contributed by atoms with Crippen LogP contribution in [0.25, 0.3) is 0 Å². The van der Waals surface area contributed by atoms with Crippen molar-refractivity contribution in [2.45, 2.75) is 32.1 Å². The van der Waals surface area contributed by atoms with Crippen molar-refractivity contribution in [3.8, 4) is 0 Å². The van der Waals surface area contributed by atoms with Crippen molar-refractivity contribution in [2.75, 3.05) is 11.9 Å². The minimum atomic E-state index is -0.0456. The van der Waals surface area contributed by atoms with Crippen LogP contribution in [-0.2, 0) is 11.2 Å². The molecular weight excluding hydrogens is 280 g/mol. The average molecular weight is 297 g/mol. The Labute approximate surface area is 110 Å². The lowest BCUT2D eigenvalue weighted by Gasteiger charge is -2.09. The molecule has 0 fully saturated rings. The van der Waals surface area contributed by atoms with Gasteiger partial charge in [-0.05, 0) is 56.0 Å². The predicted molar refractivity (Wildman–Crippen MR) is 73.2 cm³/mol. The predicted octanol–water partition coefficient (Wildman–Crippen LogP) is 2.79. The van der Waals surface area contributed by atoms with Crippen LogP contribution in [0.2, 0.25) is 0 Å². The molecule has 1 atom stereocenters. The molecule has 0 aliphatic carbocycles. The number of rotatable bonds is 4. The molecule has 1 heterocycles. The lowest BCUT2D eigenvalue weighted by Crippen LogP contribution is -2.09. The Morgan fingerprint density at radius 3 is 2.88 bits per heavy atom. The van der Waals surface area contributed by atoms with E-state index in [0.717, 1.165) is 41.5 Å². The third-order valence-electron chi connectivity index (χ3n) is 3.22. The zero-order chi connectivity index (χ0) is 12.4. The number of unbranched alkanes of at least 4 members (excludes halogenated alkanes) is 1. The maximum Gasteiger partial charge on any atom is 0.231 e. The molecule has 0 spiro atoms. The molecule has 0 saturated heterocycles. The minimum absolute atomic E-state index is 0.0456. The Hall–Kier alpha value is -0.870. The summed E-state index contributed by atoms with van der Waals surface area (Å²) in [5.41, 5.74) is 8.83. The van der Waals surface area contributed by atoms with Gasteiger partial charge in [-0.25, -0.2) is 0 Å². The minimum Gasteiger partial charge on any atom is -0.330 e. The summed E-state index contributed by atoms with van der Waals surface area (Å²) in [4.78, 5) is 11.7. The zero-order valence-electron chi connectivity index (χ0n) is 9.92. The topological polar surface area (TPSA) is 55.1 Å². The summed E-state index contributed by atoms with van der Waals surface area (Å²) in [6.45, 7) is 2.66. The fourth-order valence-corrected chi connectivity index (χ4v) is 2.73. The Balaban J connectivity index is 2.28. The number of carbonyl (C=O) groups is 1. The van der Waals surface area contributed by atoms with Gasteiger partial charge >= 0.3 is 0 Å². The van der Waals surface area contributed by atoms with Crippen LogP contribution in [0, 0.1) is 0 Å². The molecule has 17 heavy (non-hydrogen) atoms. The highest BCUT2D eigenvalue weighted by atomic mass is 79.9. The summed E-state index contributed by atoms with van der Waals surface area (Å²) in [6, 6.07) is 4.12. The molecule has 1 aliphatic heterocycles. The van der Waals surface area contributed by atoms with Gasteiger partial charge in [0.1, 0.15) is 0 Å². The van der Waals surface area contributed by atoms with Gasteiger partial charge in [0.25, 0.3) is 0 Å². The molecule has 0 aromatic heterocycles. The maximum atomic E-state index is 11.7. The van der Waals surface area contributed by atoms with Gasteiger partial charge in [0, 0.05) is 10.2 Å². The van der Waals surface area contributed by atoms with E-state index in [2.05, 4.69) is 27.3 Å². The van der Waals surface area contributed by atoms with Crippen molar-refractivity contribution < 1.29 is 4.79 Å². The lowest BCUT2D eigenvalue weighted by atomic mass is 9.98. The van der Waals surface area contributed by atoms with Gasteiger partial charge < -0.3 is 11.1 Å². The summed E-state index contributed by atoms with van der Waals surface area (Å²) in [6.07, 6.45) is 3.04. The Kier molecular flexibility index (Phi) is 3.84. The van der Waals surface area contributed by atoms with Crippen LogP contribution in [0.3, 0.4) is 0 Å². The molecule has 1 aromatic rings. The number of anilines is 1.